The van der Waals surface area contributed by atoms with Crippen molar-refractivity contribution in [2.45, 2.75) is 4.90 Å². The van der Waals surface area contributed by atoms with Gasteiger partial charge >= 0.3 is 0 Å². The highest BCUT2D eigenvalue weighted by atomic mass is 35.5. The fraction of sp³-hybridized carbons (Fsp3) is 0.400. The first-order chi connectivity index (χ1) is 7.60. The Morgan fingerprint density at radius 2 is 1.69 bits per heavy atom. The number of rotatable bonds is 2. The van der Waals surface area contributed by atoms with Crippen LogP contribution in [-0.4, -0.2) is 39.0 Å². The quantitative estimate of drug-likeness (QED) is 0.759. The van der Waals surface area contributed by atoms with Gasteiger partial charge in [0, 0.05) is 18.1 Å². The second-order valence-corrected chi connectivity index (χ2v) is 5.84. The van der Waals surface area contributed by atoms with Gasteiger partial charge in [-0.2, -0.15) is 4.31 Å². The summed E-state index contributed by atoms with van der Waals surface area (Å²) in [5, 5.41) is 0.529. The summed E-state index contributed by atoms with van der Waals surface area (Å²) in [6.07, 6.45) is 0. The first-order valence-electron chi connectivity index (χ1n) is 4.94. The number of hydrogen-bond donors (Lipinski definition) is 0. The molecule has 0 bridgehead atoms. The van der Waals surface area contributed by atoms with Gasteiger partial charge < -0.3 is 4.74 Å². The highest BCUT2D eigenvalue weighted by Gasteiger charge is 2.25. The molecule has 0 unspecified atom stereocenters. The molecule has 16 heavy (non-hydrogen) atoms. The maximum Gasteiger partial charge on any atom is 0.243 e. The van der Waals surface area contributed by atoms with Crippen LogP contribution in [0.5, 0.6) is 0 Å². The normalized spacial score (nSPS) is 18.6. The topological polar surface area (TPSA) is 46.6 Å². The van der Waals surface area contributed by atoms with Crippen LogP contribution in [-0.2, 0) is 14.8 Å². The Balaban J connectivity index is 2.27. The van der Waals surface area contributed by atoms with Gasteiger partial charge in [-0.25, -0.2) is 8.42 Å². The van der Waals surface area contributed by atoms with E-state index < -0.39 is 10.0 Å². The van der Waals surface area contributed by atoms with Crippen LogP contribution >= 0.6 is 11.6 Å². The Hall–Kier alpha value is -0.620. The predicted octanol–water partition coefficient (Wildman–Crippen LogP) is 1.36. The molecule has 0 radical (unpaired) electrons. The van der Waals surface area contributed by atoms with E-state index in [1.807, 2.05) is 0 Å². The third-order valence-electron chi connectivity index (χ3n) is 2.42. The molecule has 0 aromatic heterocycles. The largest absolute Gasteiger partial charge is 0.379 e. The van der Waals surface area contributed by atoms with Crippen LogP contribution in [0.1, 0.15) is 0 Å². The van der Waals surface area contributed by atoms with Gasteiger partial charge in [0.2, 0.25) is 10.0 Å². The lowest BCUT2D eigenvalue weighted by atomic mass is 10.4. The van der Waals surface area contributed by atoms with Crippen molar-refractivity contribution in [2.75, 3.05) is 26.3 Å². The van der Waals surface area contributed by atoms with Crippen LogP contribution in [0.25, 0.3) is 0 Å². The molecule has 1 fully saturated rings. The molecule has 1 saturated heterocycles. The average molecular weight is 266 g/mol. The summed E-state index contributed by atoms with van der Waals surface area (Å²) in [6, 6.07) is 6.20. The minimum absolute atomic E-state index is 0.277. The van der Waals surface area contributed by atoms with E-state index >= 15 is 0 Å². The first-order valence-corrected chi connectivity index (χ1v) is 6.76. The molecule has 0 aliphatic carbocycles. The van der Waals surface area contributed by atoms with Crippen molar-refractivity contribution in [1.82, 2.24) is 4.31 Å². The lowest BCUT2D eigenvalue weighted by Crippen LogP contribution is -2.40. The minimum Gasteiger partial charge on any atom is -0.379 e. The third kappa shape index (κ3) is 2.38. The molecule has 4 nitrogen and oxygen atoms in total. The average Bonchev–Trinajstić information content (AvgIpc) is 2.31. The number of hydrogen-bond acceptors (Lipinski definition) is 3. The molecule has 0 atom stereocenters. The van der Waals surface area contributed by atoms with E-state index in [0.29, 0.717) is 31.3 Å². The minimum atomic E-state index is -3.38. The second-order valence-electron chi connectivity index (χ2n) is 3.47. The first kappa shape index (κ1) is 11.9. The number of nitrogens with zero attached hydrogens (tertiary/aromatic N) is 1. The van der Waals surface area contributed by atoms with E-state index in [2.05, 4.69) is 0 Å². The summed E-state index contributed by atoms with van der Waals surface area (Å²) in [6.45, 7) is 1.72. The molecule has 2 rings (SSSR count). The highest BCUT2D eigenvalue weighted by molar-refractivity contribution is 7.89. The maximum atomic E-state index is 12.1. The second kappa shape index (κ2) is 4.71. The van der Waals surface area contributed by atoms with Gasteiger partial charge in [-0.3, -0.25) is 0 Å². The Labute approximate surface area is 99.8 Å². The predicted molar refractivity (Wildman–Crippen MR) is 61.0 cm³/mol. The molecule has 0 N–H and O–H groups in total. The number of halogens is 1. The lowest BCUT2D eigenvalue weighted by molar-refractivity contribution is 0.0730. The van der Waals surface area contributed by atoms with Crippen LogP contribution in [0.4, 0.5) is 0 Å². The van der Waals surface area contributed by atoms with Gasteiger partial charge in [0.1, 0.15) is 0 Å². The standard InChI is InChI=1S/C10H12ClNO3S/c11-9-1-3-10(4-2-9)16(13,14)12-5-7-15-8-6-12/h1-4H,5-8H2/i13+2,14+2. The van der Waals surface area contributed by atoms with Crippen LogP contribution < -0.4 is 0 Å². The van der Waals surface area contributed by atoms with E-state index in [1.165, 1.54) is 16.4 Å². The molecule has 1 heterocycles. The molecule has 0 amide bonds. The monoisotopic (exact) mass is 265 g/mol. The van der Waals surface area contributed by atoms with E-state index in [9.17, 15) is 8.42 Å². The van der Waals surface area contributed by atoms with E-state index in [-0.39, 0.29) is 4.90 Å². The molecule has 88 valence electrons. The molecule has 1 aromatic carbocycles. The smallest absolute Gasteiger partial charge is 0.243 e. The van der Waals surface area contributed by atoms with Crippen molar-refractivity contribution < 1.29 is 13.2 Å². The summed E-state index contributed by atoms with van der Waals surface area (Å²) in [4.78, 5) is 0.277. The van der Waals surface area contributed by atoms with Crippen molar-refractivity contribution >= 4 is 21.6 Å². The number of ether oxygens (including phenoxy) is 1. The zero-order valence-corrected chi connectivity index (χ0v) is 10.2. The van der Waals surface area contributed by atoms with Gasteiger partial charge in [-0.15, -0.1) is 0 Å². The van der Waals surface area contributed by atoms with Gasteiger partial charge in [-0.1, -0.05) is 11.6 Å². The Kier molecular flexibility index (Phi) is 3.49. The highest BCUT2D eigenvalue weighted by Crippen LogP contribution is 2.19. The third-order valence-corrected chi connectivity index (χ3v) is 4.59. The maximum absolute atomic E-state index is 12.1. The van der Waals surface area contributed by atoms with Crippen LogP contribution in [0.15, 0.2) is 29.2 Å². The zero-order chi connectivity index (χ0) is 11.6. The van der Waals surface area contributed by atoms with Crippen molar-refractivity contribution in [3.63, 3.8) is 0 Å². The zero-order valence-electron chi connectivity index (χ0n) is 8.60. The van der Waals surface area contributed by atoms with E-state index in [0.717, 1.165) is 0 Å². The summed E-state index contributed by atoms with van der Waals surface area (Å²) in [5.41, 5.74) is 0. The molecule has 0 spiro atoms. The molecule has 1 aliphatic heterocycles. The molecular formula is C10H12ClNO3S. The SMILES string of the molecule is [18O]=S(=[18O])(c1ccc(Cl)cc1)N1CCOCC1. The van der Waals surface area contributed by atoms with E-state index in [4.69, 9.17) is 16.3 Å². The van der Waals surface area contributed by atoms with E-state index in [1.54, 1.807) is 12.1 Å². The summed E-state index contributed by atoms with van der Waals surface area (Å²) < 4.78 is 30.8. The van der Waals surface area contributed by atoms with Crippen LogP contribution in [0, 0.1) is 0 Å². The van der Waals surface area contributed by atoms with Crippen molar-refractivity contribution in [3.05, 3.63) is 29.3 Å². The Morgan fingerprint density at radius 1 is 1.12 bits per heavy atom. The summed E-state index contributed by atoms with van der Waals surface area (Å²) in [5.74, 6) is 0. The molecule has 6 heteroatoms. The van der Waals surface area contributed by atoms with Gasteiger partial charge in [0.25, 0.3) is 0 Å². The number of sulfonamides is 1. The van der Waals surface area contributed by atoms with Crippen LogP contribution in [0.2, 0.25) is 5.02 Å². The number of morpholine rings is 1. The molecule has 1 aromatic rings. The van der Waals surface area contributed by atoms with Crippen LogP contribution in [0.3, 0.4) is 0 Å². The van der Waals surface area contributed by atoms with Gasteiger partial charge in [0.05, 0.1) is 18.1 Å². The summed E-state index contributed by atoms with van der Waals surface area (Å²) in [7, 11) is -3.38. The van der Waals surface area contributed by atoms with Gasteiger partial charge in [-0.05, 0) is 24.3 Å². The Bertz CT molecular complexity index is 451. The van der Waals surface area contributed by atoms with Crippen molar-refractivity contribution in [1.29, 1.82) is 0 Å². The number of benzene rings is 1. The Morgan fingerprint density at radius 3 is 2.25 bits per heavy atom. The molecule has 1 aliphatic rings. The van der Waals surface area contributed by atoms with Crippen molar-refractivity contribution in [3.8, 4) is 0 Å². The van der Waals surface area contributed by atoms with Crippen molar-refractivity contribution in [2.24, 2.45) is 0 Å². The fourth-order valence-corrected chi connectivity index (χ4v) is 3.08. The molecular weight excluding hydrogens is 254 g/mol. The summed E-state index contributed by atoms with van der Waals surface area (Å²) >= 11 is 5.72. The lowest BCUT2D eigenvalue weighted by Gasteiger charge is -2.25. The molecule has 0 saturated carbocycles. The fourth-order valence-electron chi connectivity index (χ4n) is 1.54. The van der Waals surface area contributed by atoms with Gasteiger partial charge in [0.15, 0.2) is 0 Å².